The van der Waals surface area contributed by atoms with Gasteiger partial charge in [0.05, 0.1) is 11.6 Å². The average molecular weight is 338 g/mol. The molecule has 1 aromatic rings. The molecule has 6 nitrogen and oxygen atoms in total. The highest BCUT2D eigenvalue weighted by Crippen LogP contribution is 2.39. The molecule has 2 atom stereocenters. The van der Waals surface area contributed by atoms with Crippen molar-refractivity contribution in [2.75, 3.05) is 32.1 Å². The first-order chi connectivity index (χ1) is 10.0. The first-order valence-electron chi connectivity index (χ1n) is 6.55. The molecule has 124 valence electrons. The summed E-state index contributed by atoms with van der Waals surface area (Å²) in [4.78, 5) is 9.35. The Morgan fingerprint density at radius 2 is 1.82 bits per heavy atom. The Kier molecular flexibility index (Phi) is 4.35. The summed E-state index contributed by atoms with van der Waals surface area (Å²) in [5.74, 6) is -1.67. The van der Waals surface area contributed by atoms with Gasteiger partial charge >= 0.3 is 6.18 Å². The largest absolute Gasteiger partial charge is 0.394 e. The molecule has 1 aliphatic heterocycles. The second-order valence-electron chi connectivity index (χ2n) is 5.38. The fraction of sp³-hybridized carbons (Fsp3) is 0.667. The van der Waals surface area contributed by atoms with Crippen molar-refractivity contribution in [3.63, 3.8) is 0 Å². The zero-order chi connectivity index (χ0) is 16.7. The van der Waals surface area contributed by atoms with Crippen molar-refractivity contribution in [2.45, 2.75) is 18.3 Å². The van der Waals surface area contributed by atoms with Gasteiger partial charge in [0, 0.05) is 39.6 Å². The highest BCUT2D eigenvalue weighted by atomic mass is 32.2. The van der Waals surface area contributed by atoms with E-state index in [-0.39, 0.29) is 12.4 Å². The van der Waals surface area contributed by atoms with E-state index in [2.05, 4.69) is 9.97 Å². The minimum absolute atomic E-state index is 0.260. The van der Waals surface area contributed by atoms with Crippen molar-refractivity contribution in [3.8, 4) is 0 Å². The van der Waals surface area contributed by atoms with Crippen LogP contribution in [0.3, 0.4) is 0 Å². The Labute approximate surface area is 127 Å². The molecule has 22 heavy (non-hydrogen) atoms. The van der Waals surface area contributed by atoms with Gasteiger partial charge in [-0.1, -0.05) is 0 Å². The third-order valence-electron chi connectivity index (χ3n) is 3.73. The van der Waals surface area contributed by atoms with Crippen LogP contribution in [0.15, 0.2) is 12.4 Å². The highest BCUT2D eigenvalue weighted by molar-refractivity contribution is 7.89. The Morgan fingerprint density at radius 3 is 2.32 bits per heavy atom. The van der Waals surface area contributed by atoms with Crippen LogP contribution >= 0.6 is 0 Å². The maximum Gasteiger partial charge on any atom is 0.394 e. The average Bonchev–Trinajstić information content (AvgIpc) is 2.84. The zero-order valence-electron chi connectivity index (χ0n) is 12.4. The number of alkyl halides is 3. The molecule has 1 aliphatic rings. The minimum Gasteiger partial charge on any atom is -0.353 e. The van der Waals surface area contributed by atoms with Gasteiger partial charge in [0.15, 0.2) is 0 Å². The van der Waals surface area contributed by atoms with Crippen LogP contribution in [-0.4, -0.2) is 61.3 Å². The van der Waals surface area contributed by atoms with Crippen LogP contribution < -0.4 is 4.90 Å². The number of hydrogen-bond donors (Lipinski definition) is 0. The topological polar surface area (TPSA) is 66.4 Å². The lowest BCUT2D eigenvalue weighted by molar-refractivity contribution is -0.167. The normalized spacial score (nSPS) is 23.3. The maximum atomic E-state index is 13.2. The Bertz CT molecular complexity index is 648. The SMILES string of the molecule is Cc1nccnc1N1C[C@@H](C(F)(F)F)[C@H](S(=O)(=O)N(C)C)C1. The van der Waals surface area contributed by atoms with Gasteiger partial charge in [0.25, 0.3) is 0 Å². The lowest BCUT2D eigenvalue weighted by Crippen LogP contribution is -2.43. The molecule has 0 aliphatic carbocycles. The molecule has 2 rings (SSSR count). The van der Waals surface area contributed by atoms with E-state index in [1.165, 1.54) is 31.4 Å². The van der Waals surface area contributed by atoms with Gasteiger partial charge in [-0.05, 0) is 6.92 Å². The minimum atomic E-state index is -4.60. The number of halogens is 3. The number of nitrogens with zero attached hydrogens (tertiary/aromatic N) is 4. The predicted octanol–water partition coefficient (Wildman–Crippen LogP) is 1.04. The van der Waals surface area contributed by atoms with E-state index in [0.29, 0.717) is 5.69 Å². The van der Waals surface area contributed by atoms with E-state index in [1.54, 1.807) is 6.92 Å². The molecule has 1 fully saturated rings. The van der Waals surface area contributed by atoms with E-state index in [4.69, 9.17) is 0 Å². The van der Waals surface area contributed by atoms with E-state index >= 15 is 0 Å². The maximum absolute atomic E-state index is 13.2. The van der Waals surface area contributed by atoms with Gasteiger partial charge < -0.3 is 4.90 Å². The fourth-order valence-electron chi connectivity index (χ4n) is 2.54. The highest BCUT2D eigenvalue weighted by Gasteiger charge is 2.55. The molecule has 0 unspecified atom stereocenters. The fourth-order valence-corrected chi connectivity index (χ4v) is 4.11. The lowest BCUT2D eigenvalue weighted by Gasteiger charge is -2.23. The van der Waals surface area contributed by atoms with Crippen LogP contribution in [-0.2, 0) is 10.0 Å². The van der Waals surface area contributed by atoms with Crippen LogP contribution in [0.4, 0.5) is 19.0 Å². The molecular weight excluding hydrogens is 321 g/mol. The second kappa shape index (κ2) is 5.65. The summed E-state index contributed by atoms with van der Waals surface area (Å²) < 4.78 is 65.0. The molecule has 0 N–H and O–H groups in total. The molecule has 0 bridgehead atoms. The Balaban J connectivity index is 2.40. The Morgan fingerprint density at radius 1 is 1.23 bits per heavy atom. The van der Waals surface area contributed by atoms with Crippen LogP contribution in [0, 0.1) is 12.8 Å². The van der Waals surface area contributed by atoms with E-state index < -0.39 is 33.9 Å². The lowest BCUT2D eigenvalue weighted by atomic mass is 10.1. The first kappa shape index (κ1) is 16.9. The predicted molar refractivity (Wildman–Crippen MR) is 74.9 cm³/mol. The molecule has 1 aromatic heterocycles. The van der Waals surface area contributed by atoms with Crippen molar-refractivity contribution < 1.29 is 21.6 Å². The first-order valence-corrected chi connectivity index (χ1v) is 8.06. The molecule has 0 amide bonds. The summed E-state index contributed by atoms with van der Waals surface area (Å²) in [6.45, 7) is 0.920. The summed E-state index contributed by atoms with van der Waals surface area (Å²) in [6, 6.07) is 0. The van der Waals surface area contributed by atoms with Gasteiger partial charge in [0.1, 0.15) is 11.1 Å². The second-order valence-corrected chi connectivity index (χ2v) is 7.75. The van der Waals surface area contributed by atoms with Gasteiger partial charge in [-0.15, -0.1) is 0 Å². The molecule has 0 radical (unpaired) electrons. The van der Waals surface area contributed by atoms with Crippen molar-refractivity contribution in [2.24, 2.45) is 5.92 Å². The Hall–Kier alpha value is -1.42. The third kappa shape index (κ3) is 3.02. The van der Waals surface area contributed by atoms with E-state index in [1.807, 2.05) is 0 Å². The molecule has 1 saturated heterocycles. The van der Waals surface area contributed by atoms with Crippen LogP contribution in [0.1, 0.15) is 5.69 Å². The van der Waals surface area contributed by atoms with E-state index in [9.17, 15) is 21.6 Å². The van der Waals surface area contributed by atoms with Crippen LogP contribution in [0.25, 0.3) is 0 Å². The third-order valence-corrected chi connectivity index (χ3v) is 5.99. The van der Waals surface area contributed by atoms with Gasteiger partial charge in [-0.3, -0.25) is 4.98 Å². The molecule has 0 spiro atoms. The number of rotatable bonds is 3. The summed E-state index contributed by atoms with van der Waals surface area (Å²) >= 11 is 0. The number of sulfonamides is 1. The van der Waals surface area contributed by atoms with Gasteiger partial charge in [0.2, 0.25) is 10.0 Å². The number of aromatic nitrogens is 2. The monoisotopic (exact) mass is 338 g/mol. The van der Waals surface area contributed by atoms with E-state index in [0.717, 1.165) is 4.31 Å². The van der Waals surface area contributed by atoms with Crippen molar-refractivity contribution in [1.29, 1.82) is 0 Å². The molecule has 2 heterocycles. The van der Waals surface area contributed by atoms with Crippen LogP contribution in [0.5, 0.6) is 0 Å². The molecule has 0 aromatic carbocycles. The molecular formula is C12H17F3N4O2S. The number of anilines is 1. The van der Waals surface area contributed by atoms with Crippen molar-refractivity contribution in [3.05, 3.63) is 18.1 Å². The molecule has 10 heteroatoms. The quantitative estimate of drug-likeness (QED) is 0.824. The standard InChI is InChI=1S/C12H17F3N4O2S/c1-8-11(17-5-4-16-8)19-6-9(12(13,14)15)10(7-19)22(20,21)18(2)3/h4-5,9-10H,6-7H2,1-3H3/t9-,10-/m1/s1. The number of hydrogen-bond acceptors (Lipinski definition) is 5. The number of aryl methyl sites for hydroxylation is 1. The smallest absolute Gasteiger partial charge is 0.353 e. The van der Waals surface area contributed by atoms with Gasteiger partial charge in [-0.2, -0.15) is 13.2 Å². The summed E-state index contributed by atoms with van der Waals surface area (Å²) in [5.41, 5.74) is 0.464. The van der Waals surface area contributed by atoms with Crippen LogP contribution in [0.2, 0.25) is 0 Å². The summed E-state index contributed by atoms with van der Waals surface area (Å²) in [6.07, 6.45) is -1.79. The van der Waals surface area contributed by atoms with Gasteiger partial charge in [-0.25, -0.2) is 17.7 Å². The summed E-state index contributed by atoms with van der Waals surface area (Å²) in [7, 11) is -1.57. The summed E-state index contributed by atoms with van der Waals surface area (Å²) in [5, 5.41) is -1.55. The van der Waals surface area contributed by atoms with Crippen molar-refractivity contribution in [1.82, 2.24) is 14.3 Å². The van der Waals surface area contributed by atoms with Crippen molar-refractivity contribution >= 4 is 15.8 Å². The molecule has 0 saturated carbocycles. The zero-order valence-corrected chi connectivity index (χ0v) is 13.2.